The third kappa shape index (κ3) is 8.48. The number of nitrogens with one attached hydrogen (secondary N) is 1. The van der Waals surface area contributed by atoms with E-state index in [0.717, 1.165) is 5.56 Å². The zero-order valence-corrected chi connectivity index (χ0v) is 25.7. The summed E-state index contributed by atoms with van der Waals surface area (Å²) in [6.07, 6.45) is 0.856. The molecule has 0 aliphatic carbocycles. The molecule has 39 heavy (non-hydrogen) atoms. The van der Waals surface area contributed by atoms with Crippen LogP contribution in [0, 0.1) is 11.3 Å². The van der Waals surface area contributed by atoms with E-state index in [1.807, 2.05) is 48.5 Å². The number of amides is 2. The molecule has 1 aromatic carbocycles. The Morgan fingerprint density at radius 2 is 1.56 bits per heavy atom. The number of piperidine rings is 1. The van der Waals surface area contributed by atoms with E-state index in [1.165, 1.54) is 0 Å². The lowest BCUT2D eigenvalue weighted by Gasteiger charge is -2.37. The van der Waals surface area contributed by atoms with Crippen LogP contribution < -0.4 is 5.32 Å². The predicted octanol–water partition coefficient (Wildman–Crippen LogP) is 5.68. The summed E-state index contributed by atoms with van der Waals surface area (Å²) in [7, 11) is 0. The van der Waals surface area contributed by atoms with Gasteiger partial charge in [0.1, 0.15) is 11.2 Å². The molecule has 0 radical (unpaired) electrons. The van der Waals surface area contributed by atoms with Crippen molar-refractivity contribution in [1.82, 2.24) is 15.1 Å². The summed E-state index contributed by atoms with van der Waals surface area (Å²) in [6.45, 7) is 15.4. The van der Waals surface area contributed by atoms with E-state index in [-0.39, 0.29) is 30.4 Å². The molecule has 0 unspecified atom stereocenters. The second-order valence-corrected chi connectivity index (χ2v) is 13.7. The van der Waals surface area contributed by atoms with Gasteiger partial charge in [0.25, 0.3) is 0 Å². The molecule has 2 saturated heterocycles. The third-order valence-electron chi connectivity index (χ3n) is 7.24. The molecular weight excluding hydrogens is 541 g/mol. The molecule has 0 spiro atoms. The minimum absolute atomic E-state index is 0.0270. The molecule has 2 fully saturated rings. The number of ether oxygens (including phenoxy) is 2. The summed E-state index contributed by atoms with van der Waals surface area (Å²) in [5.41, 5.74) is -1.39. The zero-order chi connectivity index (χ0) is 29.2. The topological polar surface area (TPSA) is 88.2 Å². The van der Waals surface area contributed by atoms with Crippen molar-refractivity contribution in [3.05, 3.63) is 33.8 Å². The van der Waals surface area contributed by atoms with E-state index in [4.69, 9.17) is 32.7 Å². The lowest BCUT2D eigenvalue weighted by Crippen LogP contribution is -2.53. The van der Waals surface area contributed by atoms with Gasteiger partial charge in [0.15, 0.2) is 0 Å². The van der Waals surface area contributed by atoms with Crippen LogP contribution in [0.3, 0.4) is 0 Å². The van der Waals surface area contributed by atoms with Crippen molar-refractivity contribution in [3.8, 4) is 0 Å². The van der Waals surface area contributed by atoms with Crippen molar-refractivity contribution in [2.45, 2.75) is 91.5 Å². The normalized spacial score (nSPS) is 23.0. The van der Waals surface area contributed by atoms with Crippen LogP contribution in [0.25, 0.3) is 0 Å². The summed E-state index contributed by atoms with van der Waals surface area (Å²) in [4.78, 5) is 43.3. The fourth-order valence-electron chi connectivity index (χ4n) is 5.31. The fraction of sp³-hybridized carbons (Fsp3) is 0.690. The molecule has 2 heterocycles. The molecule has 2 aliphatic rings. The van der Waals surface area contributed by atoms with E-state index in [9.17, 15) is 14.4 Å². The van der Waals surface area contributed by atoms with Crippen molar-refractivity contribution in [2.75, 3.05) is 26.2 Å². The Labute approximate surface area is 242 Å². The molecule has 10 heteroatoms. The quantitative estimate of drug-likeness (QED) is 0.433. The Morgan fingerprint density at radius 1 is 1.00 bits per heavy atom. The highest BCUT2D eigenvalue weighted by Crippen LogP contribution is 2.42. The lowest BCUT2D eigenvalue weighted by molar-refractivity contribution is -0.161. The van der Waals surface area contributed by atoms with Gasteiger partial charge in [-0.15, -0.1) is 0 Å². The number of nitrogens with zero attached hydrogens (tertiary/aromatic N) is 2. The standard InChI is InChI=1S/C29H43Cl2N3O5/c1-19-16-33(17-21-22(30)9-8-10-23(21)31)18-29(19,15-24(35)38-27(2,3)4)25(36)32-20-11-13-34(14-12-20)26(37)39-28(5,6)7/h8-10,19-20H,11-18H2,1-7H3,(H,32,36)/t19-,29+/m0/s1. The Bertz CT molecular complexity index is 1040. The van der Waals surface area contributed by atoms with Gasteiger partial charge in [-0.2, -0.15) is 0 Å². The van der Waals surface area contributed by atoms with Crippen LogP contribution in [-0.4, -0.2) is 71.2 Å². The van der Waals surface area contributed by atoms with Gasteiger partial charge in [0, 0.05) is 54.4 Å². The molecule has 0 bridgehead atoms. The largest absolute Gasteiger partial charge is 0.460 e. The molecule has 0 aromatic heterocycles. The first-order chi connectivity index (χ1) is 18.0. The number of likely N-dealkylation sites (tertiary alicyclic amines) is 2. The zero-order valence-electron chi connectivity index (χ0n) is 24.2. The fourth-order valence-corrected chi connectivity index (χ4v) is 5.83. The van der Waals surface area contributed by atoms with Gasteiger partial charge in [-0.1, -0.05) is 36.2 Å². The number of halogens is 2. The summed E-state index contributed by atoms with van der Waals surface area (Å²) in [6, 6.07) is 5.29. The minimum atomic E-state index is -0.974. The number of esters is 1. The van der Waals surface area contributed by atoms with Gasteiger partial charge >= 0.3 is 12.1 Å². The Kier molecular flexibility index (Phi) is 9.88. The average Bonchev–Trinajstić information content (AvgIpc) is 3.10. The number of carbonyl (C=O) groups is 3. The van der Waals surface area contributed by atoms with Crippen LogP contribution in [-0.2, 0) is 25.6 Å². The summed E-state index contributed by atoms with van der Waals surface area (Å²) in [5.74, 6) is -0.681. The van der Waals surface area contributed by atoms with E-state index in [1.54, 1.807) is 23.1 Å². The van der Waals surface area contributed by atoms with Crippen molar-refractivity contribution < 1.29 is 23.9 Å². The number of carbonyl (C=O) groups excluding carboxylic acids is 3. The number of benzene rings is 1. The Balaban J connectivity index is 1.74. The van der Waals surface area contributed by atoms with Gasteiger partial charge in [0.2, 0.25) is 5.91 Å². The highest BCUT2D eigenvalue weighted by Gasteiger charge is 2.52. The van der Waals surface area contributed by atoms with Crippen LogP contribution >= 0.6 is 23.2 Å². The SMILES string of the molecule is C[C@H]1CN(Cc2c(Cl)cccc2Cl)C[C@@]1(CC(=O)OC(C)(C)C)C(=O)NC1CCN(C(=O)OC(C)(C)C)CC1. The van der Waals surface area contributed by atoms with Crippen LogP contribution in [0.5, 0.6) is 0 Å². The number of hydrogen-bond donors (Lipinski definition) is 1. The van der Waals surface area contributed by atoms with Gasteiger partial charge in [-0.3, -0.25) is 14.5 Å². The van der Waals surface area contributed by atoms with Crippen molar-refractivity contribution in [1.29, 1.82) is 0 Å². The molecule has 2 aliphatic heterocycles. The van der Waals surface area contributed by atoms with E-state index in [0.29, 0.717) is 55.6 Å². The van der Waals surface area contributed by atoms with Crippen molar-refractivity contribution in [3.63, 3.8) is 0 Å². The second kappa shape index (κ2) is 12.2. The predicted molar refractivity (Wildman–Crippen MR) is 153 cm³/mol. The van der Waals surface area contributed by atoms with Crippen LogP contribution in [0.1, 0.15) is 73.3 Å². The number of hydrogen-bond acceptors (Lipinski definition) is 6. The first kappa shape index (κ1) is 31.5. The maximum atomic E-state index is 14.0. The van der Waals surface area contributed by atoms with E-state index < -0.39 is 22.6 Å². The van der Waals surface area contributed by atoms with Crippen LogP contribution in [0.15, 0.2) is 18.2 Å². The molecule has 218 valence electrons. The minimum Gasteiger partial charge on any atom is -0.460 e. The maximum Gasteiger partial charge on any atom is 0.410 e. The highest BCUT2D eigenvalue weighted by molar-refractivity contribution is 6.35. The monoisotopic (exact) mass is 583 g/mol. The first-order valence-corrected chi connectivity index (χ1v) is 14.4. The maximum absolute atomic E-state index is 14.0. The second-order valence-electron chi connectivity index (χ2n) is 12.9. The Morgan fingerprint density at radius 3 is 2.10 bits per heavy atom. The summed E-state index contributed by atoms with van der Waals surface area (Å²) >= 11 is 12.9. The molecule has 2 atom stereocenters. The third-order valence-corrected chi connectivity index (χ3v) is 7.95. The van der Waals surface area contributed by atoms with Gasteiger partial charge in [-0.25, -0.2) is 4.79 Å². The van der Waals surface area contributed by atoms with Gasteiger partial charge in [0.05, 0.1) is 11.8 Å². The molecule has 0 saturated carbocycles. The first-order valence-electron chi connectivity index (χ1n) is 13.6. The molecule has 3 rings (SSSR count). The smallest absolute Gasteiger partial charge is 0.410 e. The van der Waals surface area contributed by atoms with Gasteiger partial charge < -0.3 is 19.7 Å². The molecular formula is C29H43Cl2N3O5. The van der Waals surface area contributed by atoms with Gasteiger partial charge in [-0.05, 0) is 72.4 Å². The summed E-state index contributed by atoms with van der Waals surface area (Å²) < 4.78 is 11.1. The lowest BCUT2D eigenvalue weighted by atomic mass is 9.75. The molecule has 8 nitrogen and oxygen atoms in total. The average molecular weight is 585 g/mol. The van der Waals surface area contributed by atoms with Crippen LogP contribution in [0.4, 0.5) is 4.79 Å². The molecule has 1 N–H and O–H groups in total. The van der Waals surface area contributed by atoms with E-state index >= 15 is 0 Å². The number of rotatable bonds is 6. The van der Waals surface area contributed by atoms with Crippen molar-refractivity contribution in [2.24, 2.45) is 11.3 Å². The Hall–Kier alpha value is -2.03. The van der Waals surface area contributed by atoms with Crippen LogP contribution in [0.2, 0.25) is 10.0 Å². The highest BCUT2D eigenvalue weighted by atomic mass is 35.5. The molecule has 1 aromatic rings. The molecule has 2 amide bonds. The summed E-state index contributed by atoms with van der Waals surface area (Å²) in [5, 5.41) is 4.35. The van der Waals surface area contributed by atoms with E-state index in [2.05, 4.69) is 10.2 Å². The van der Waals surface area contributed by atoms with Crippen molar-refractivity contribution >= 4 is 41.2 Å².